The van der Waals surface area contributed by atoms with Gasteiger partial charge in [-0.2, -0.15) is 0 Å². The molecule has 0 saturated heterocycles. The van der Waals surface area contributed by atoms with Gasteiger partial charge in [0.05, 0.1) is 25.4 Å². The summed E-state index contributed by atoms with van der Waals surface area (Å²) in [7, 11) is -4.30. The number of hydrogen-bond acceptors (Lipinski definition) is 6. The maximum atomic E-state index is 12.7. The van der Waals surface area contributed by atoms with Gasteiger partial charge in [0, 0.05) is 13.0 Å². The first-order valence-electron chi connectivity index (χ1n) is 19.2. The highest BCUT2D eigenvalue weighted by Crippen LogP contribution is 2.43. The van der Waals surface area contributed by atoms with Gasteiger partial charge in [-0.05, 0) is 12.8 Å². The Kier molecular flexibility index (Phi) is 33.0. The van der Waals surface area contributed by atoms with E-state index in [1.165, 1.54) is 128 Å². The Balaban J connectivity index is 4.21. The van der Waals surface area contributed by atoms with Crippen molar-refractivity contribution in [1.82, 2.24) is 5.32 Å². The fourth-order valence-electron chi connectivity index (χ4n) is 5.78. The second-order valence-electron chi connectivity index (χ2n) is 13.2. The quantitative estimate of drug-likeness (QED) is 0.0388. The minimum absolute atomic E-state index is 0.0921. The third-order valence-corrected chi connectivity index (χ3v) is 9.70. The van der Waals surface area contributed by atoms with E-state index in [-0.39, 0.29) is 25.7 Å². The molecule has 9 heteroatoms. The van der Waals surface area contributed by atoms with Crippen molar-refractivity contribution in [3.8, 4) is 0 Å². The molecule has 0 spiro atoms. The molecular weight excluding hydrogens is 587 g/mol. The summed E-state index contributed by atoms with van der Waals surface area (Å²) in [6.07, 6.45) is 32.4. The normalized spacial score (nSPS) is 14.3. The monoisotopic (exact) mass is 663 g/mol. The lowest BCUT2D eigenvalue weighted by Crippen LogP contribution is -2.46. The molecule has 0 aromatic heterocycles. The minimum Gasteiger partial charge on any atom is -0.391 e. The van der Waals surface area contributed by atoms with Crippen molar-refractivity contribution < 1.29 is 28.4 Å². The van der Waals surface area contributed by atoms with E-state index in [4.69, 9.17) is 14.8 Å². The van der Waals surface area contributed by atoms with E-state index in [0.717, 1.165) is 38.5 Å². The van der Waals surface area contributed by atoms with Gasteiger partial charge in [0.25, 0.3) is 0 Å². The average Bonchev–Trinajstić information content (AvgIpc) is 3.02. The van der Waals surface area contributed by atoms with Gasteiger partial charge in [0.2, 0.25) is 5.91 Å². The number of amides is 1. The number of phosphoric ester groups is 1. The van der Waals surface area contributed by atoms with E-state index < -0.39 is 20.0 Å². The molecule has 8 nitrogen and oxygen atoms in total. The fourth-order valence-corrected chi connectivity index (χ4v) is 6.54. The SMILES string of the molecule is CCCCCCCCCCCCCCCCC(=O)NC(COP(=O)(O)OCCN)C(O)CCCCCCCCCCCCCC. The number of carbonyl (C=O) groups is 1. The van der Waals surface area contributed by atoms with Gasteiger partial charge in [0.1, 0.15) is 0 Å². The molecule has 0 aliphatic carbocycles. The zero-order valence-corrected chi connectivity index (χ0v) is 30.5. The first-order valence-corrected chi connectivity index (χ1v) is 20.6. The zero-order chi connectivity index (χ0) is 33.3. The molecule has 0 aliphatic heterocycles. The van der Waals surface area contributed by atoms with Crippen LogP contribution in [0.15, 0.2) is 0 Å². The summed E-state index contributed by atoms with van der Waals surface area (Å²) >= 11 is 0. The second-order valence-corrected chi connectivity index (χ2v) is 14.6. The van der Waals surface area contributed by atoms with Crippen molar-refractivity contribution in [2.75, 3.05) is 19.8 Å². The molecule has 45 heavy (non-hydrogen) atoms. The van der Waals surface area contributed by atoms with Crippen LogP contribution in [-0.4, -0.2) is 47.8 Å². The molecule has 0 heterocycles. The molecule has 0 rings (SSSR count). The number of carbonyl (C=O) groups excluding carboxylic acids is 1. The molecule has 3 unspecified atom stereocenters. The number of nitrogens with two attached hydrogens (primary N) is 1. The van der Waals surface area contributed by atoms with Crippen LogP contribution in [0.4, 0.5) is 0 Å². The molecule has 1 amide bonds. The summed E-state index contributed by atoms with van der Waals surface area (Å²) in [6.45, 7) is 4.20. The van der Waals surface area contributed by atoms with Gasteiger partial charge >= 0.3 is 7.82 Å². The summed E-state index contributed by atoms with van der Waals surface area (Å²) in [5, 5.41) is 13.7. The number of phosphoric acid groups is 1. The molecule has 0 aromatic rings. The molecule has 0 aromatic carbocycles. The molecule has 0 saturated carbocycles. The number of aliphatic hydroxyl groups excluding tert-OH is 1. The van der Waals surface area contributed by atoms with Crippen LogP contribution in [0.3, 0.4) is 0 Å². The third kappa shape index (κ3) is 31.8. The lowest BCUT2D eigenvalue weighted by atomic mass is 10.0. The van der Waals surface area contributed by atoms with Crippen molar-refractivity contribution in [2.45, 2.75) is 206 Å². The largest absolute Gasteiger partial charge is 0.472 e. The summed E-state index contributed by atoms with van der Waals surface area (Å²) < 4.78 is 22.1. The van der Waals surface area contributed by atoms with Crippen LogP contribution in [0, 0.1) is 0 Å². The zero-order valence-electron chi connectivity index (χ0n) is 29.6. The van der Waals surface area contributed by atoms with Crippen molar-refractivity contribution in [3.05, 3.63) is 0 Å². The van der Waals surface area contributed by atoms with Crippen LogP contribution in [0.5, 0.6) is 0 Å². The first kappa shape index (κ1) is 44.5. The number of hydrogen-bond donors (Lipinski definition) is 4. The van der Waals surface area contributed by atoms with Crippen LogP contribution in [-0.2, 0) is 18.4 Å². The van der Waals surface area contributed by atoms with Crippen LogP contribution in [0.25, 0.3) is 0 Å². The Hall–Kier alpha value is -0.500. The number of nitrogens with one attached hydrogen (secondary N) is 1. The van der Waals surface area contributed by atoms with Crippen LogP contribution in [0.1, 0.15) is 194 Å². The molecular formula is C36H75N2O6P. The van der Waals surface area contributed by atoms with Crippen LogP contribution >= 0.6 is 7.82 Å². The highest BCUT2D eigenvalue weighted by Gasteiger charge is 2.27. The maximum Gasteiger partial charge on any atom is 0.472 e. The Bertz CT molecular complexity index is 684. The summed E-state index contributed by atoms with van der Waals surface area (Å²) in [6, 6.07) is -0.765. The summed E-state index contributed by atoms with van der Waals surface area (Å²) in [4.78, 5) is 22.6. The van der Waals surface area contributed by atoms with Crippen LogP contribution in [0.2, 0.25) is 0 Å². The summed E-state index contributed by atoms with van der Waals surface area (Å²) in [5.41, 5.74) is 5.36. The van der Waals surface area contributed by atoms with Crippen LogP contribution < -0.4 is 11.1 Å². The first-order chi connectivity index (χ1) is 21.9. The maximum absolute atomic E-state index is 12.7. The minimum atomic E-state index is -4.30. The lowest BCUT2D eigenvalue weighted by Gasteiger charge is -2.25. The van der Waals surface area contributed by atoms with Crippen molar-refractivity contribution in [1.29, 1.82) is 0 Å². The molecule has 270 valence electrons. The van der Waals surface area contributed by atoms with Crippen molar-refractivity contribution in [3.63, 3.8) is 0 Å². The van der Waals surface area contributed by atoms with Gasteiger partial charge < -0.3 is 21.1 Å². The van der Waals surface area contributed by atoms with E-state index >= 15 is 0 Å². The van der Waals surface area contributed by atoms with E-state index in [1.807, 2.05) is 0 Å². The fraction of sp³-hybridized carbons (Fsp3) is 0.972. The Morgan fingerprint density at radius 1 is 0.644 bits per heavy atom. The van der Waals surface area contributed by atoms with Crippen molar-refractivity contribution >= 4 is 13.7 Å². The van der Waals surface area contributed by atoms with Gasteiger partial charge in [-0.25, -0.2) is 4.57 Å². The molecule has 0 radical (unpaired) electrons. The highest BCUT2D eigenvalue weighted by molar-refractivity contribution is 7.47. The molecule has 0 aliphatic rings. The number of unbranched alkanes of at least 4 members (excludes halogenated alkanes) is 24. The average molecular weight is 663 g/mol. The second kappa shape index (κ2) is 33.4. The molecule has 0 bridgehead atoms. The van der Waals surface area contributed by atoms with Gasteiger partial charge in [-0.3, -0.25) is 13.8 Å². The predicted octanol–water partition coefficient (Wildman–Crippen LogP) is 9.89. The van der Waals surface area contributed by atoms with E-state index in [0.29, 0.717) is 12.8 Å². The van der Waals surface area contributed by atoms with Gasteiger partial charge in [-0.15, -0.1) is 0 Å². The summed E-state index contributed by atoms with van der Waals surface area (Å²) in [5.74, 6) is -0.160. The molecule has 3 atom stereocenters. The van der Waals surface area contributed by atoms with Gasteiger partial charge in [-0.1, -0.05) is 174 Å². The van der Waals surface area contributed by atoms with E-state index in [2.05, 4.69) is 19.2 Å². The van der Waals surface area contributed by atoms with E-state index in [9.17, 15) is 19.4 Å². The molecule has 5 N–H and O–H groups in total. The standard InChI is InChI=1S/C36H75N2O6P/c1-3-5-7-9-11-13-15-17-18-20-22-24-26-28-30-36(40)38-34(33-44-45(41,42)43-32-31-37)35(39)29-27-25-23-21-19-16-14-12-10-8-6-4-2/h34-35,39H,3-33,37H2,1-2H3,(H,38,40)(H,41,42). The Morgan fingerprint density at radius 3 is 1.42 bits per heavy atom. The molecule has 0 fully saturated rings. The third-order valence-electron chi connectivity index (χ3n) is 8.71. The lowest BCUT2D eigenvalue weighted by molar-refractivity contribution is -0.123. The van der Waals surface area contributed by atoms with Gasteiger partial charge in [0.15, 0.2) is 0 Å². The van der Waals surface area contributed by atoms with E-state index in [1.54, 1.807) is 0 Å². The van der Waals surface area contributed by atoms with Crippen molar-refractivity contribution in [2.24, 2.45) is 5.73 Å². The highest BCUT2D eigenvalue weighted by atomic mass is 31.2. The Morgan fingerprint density at radius 2 is 1.02 bits per heavy atom. The Labute approximate surface area is 278 Å². The smallest absolute Gasteiger partial charge is 0.391 e. The topological polar surface area (TPSA) is 131 Å². The number of rotatable bonds is 36. The predicted molar refractivity (Wildman–Crippen MR) is 189 cm³/mol. The number of aliphatic hydroxyl groups is 1.